The van der Waals surface area contributed by atoms with Gasteiger partial charge in [0.2, 0.25) is 0 Å². The zero-order valence-corrected chi connectivity index (χ0v) is 14.7. The van der Waals surface area contributed by atoms with Gasteiger partial charge < -0.3 is 9.84 Å². The van der Waals surface area contributed by atoms with Gasteiger partial charge in [0.1, 0.15) is 0 Å². The van der Waals surface area contributed by atoms with Gasteiger partial charge in [-0.05, 0) is 53.1 Å². The molecule has 4 nitrogen and oxygen atoms in total. The van der Waals surface area contributed by atoms with E-state index in [4.69, 9.17) is 4.74 Å². The number of phenolic OH excluding ortho intramolecular Hbond substituents is 1. The number of benzene rings is 1. The predicted octanol–water partition coefficient (Wildman–Crippen LogP) is 3.08. The summed E-state index contributed by atoms with van der Waals surface area (Å²) in [7, 11) is 1.58. The van der Waals surface area contributed by atoms with Crippen molar-refractivity contribution in [2.75, 3.05) is 33.3 Å². The number of phenols is 1. The molecule has 0 aromatic heterocycles. The van der Waals surface area contributed by atoms with Crippen molar-refractivity contribution < 1.29 is 9.84 Å². The van der Waals surface area contributed by atoms with Gasteiger partial charge >= 0.3 is 0 Å². The van der Waals surface area contributed by atoms with E-state index < -0.39 is 0 Å². The molecule has 0 bridgehead atoms. The van der Waals surface area contributed by atoms with Crippen LogP contribution in [0.25, 0.3) is 0 Å². The number of aromatic hydroxyl groups is 1. The van der Waals surface area contributed by atoms with E-state index in [-0.39, 0.29) is 5.75 Å². The van der Waals surface area contributed by atoms with Gasteiger partial charge in [0.05, 0.1) is 11.6 Å². The van der Waals surface area contributed by atoms with Crippen LogP contribution in [0.2, 0.25) is 0 Å². The molecule has 0 amide bonds. The highest BCUT2D eigenvalue weighted by Gasteiger charge is 2.26. The number of methoxy groups -OCH3 is 1. The lowest BCUT2D eigenvalue weighted by Gasteiger charge is -2.26. The predicted molar refractivity (Wildman–Crippen MR) is 89.0 cm³/mol. The van der Waals surface area contributed by atoms with E-state index >= 15 is 0 Å². The van der Waals surface area contributed by atoms with E-state index in [1.54, 1.807) is 7.11 Å². The first-order chi connectivity index (χ1) is 10.1. The maximum Gasteiger partial charge on any atom is 0.172 e. The molecule has 1 N–H and O–H groups in total. The standard InChI is InChI=1S/C16H25BrN2O2/c1-4-19(5-2)13-6-7-18(11-13)10-12-8-14(17)16(20)15(9-12)21-3/h8-9,13,20H,4-7,10-11H2,1-3H3. The molecule has 1 aromatic rings. The fraction of sp³-hybridized carbons (Fsp3) is 0.625. The topological polar surface area (TPSA) is 35.9 Å². The summed E-state index contributed by atoms with van der Waals surface area (Å²) in [6, 6.07) is 4.57. The van der Waals surface area contributed by atoms with Crippen LogP contribution in [0.5, 0.6) is 11.5 Å². The number of nitrogens with zero attached hydrogens (tertiary/aromatic N) is 2. The number of hydrogen-bond donors (Lipinski definition) is 1. The Morgan fingerprint density at radius 2 is 2.10 bits per heavy atom. The minimum Gasteiger partial charge on any atom is -0.503 e. The second-order valence-corrected chi connectivity index (χ2v) is 6.38. The molecule has 2 rings (SSSR count). The van der Waals surface area contributed by atoms with Gasteiger partial charge in [-0.25, -0.2) is 0 Å². The molecule has 1 fully saturated rings. The van der Waals surface area contributed by atoms with Crippen molar-refractivity contribution >= 4 is 15.9 Å². The zero-order chi connectivity index (χ0) is 15.4. The molecule has 1 atom stereocenters. The summed E-state index contributed by atoms with van der Waals surface area (Å²) in [5.74, 6) is 0.697. The highest BCUT2D eigenvalue weighted by molar-refractivity contribution is 9.10. The first-order valence-corrected chi connectivity index (χ1v) is 8.40. The van der Waals surface area contributed by atoms with Gasteiger partial charge in [0.25, 0.3) is 0 Å². The van der Waals surface area contributed by atoms with Crippen molar-refractivity contribution in [1.82, 2.24) is 9.80 Å². The van der Waals surface area contributed by atoms with E-state index in [0.29, 0.717) is 16.3 Å². The summed E-state index contributed by atoms with van der Waals surface area (Å²) >= 11 is 3.39. The summed E-state index contributed by atoms with van der Waals surface area (Å²) in [6.45, 7) is 9.83. The number of hydrogen-bond acceptors (Lipinski definition) is 4. The van der Waals surface area contributed by atoms with E-state index in [1.165, 1.54) is 6.42 Å². The Labute approximate surface area is 135 Å². The van der Waals surface area contributed by atoms with Gasteiger partial charge in [-0.3, -0.25) is 9.80 Å². The average molecular weight is 357 g/mol. The van der Waals surface area contributed by atoms with Gasteiger partial charge in [0, 0.05) is 25.7 Å². The van der Waals surface area contributed by atoms with Crippen molar-refractivity contribution in [3.05, 3.63) is 22.2 Å². The van der Waals surface area contributed by atoms with Crippen LogP contribution < -0.4 is 4.74 Å². The Kier molecular flexibility index (Phi) is 5.90. The van der Waals surface area contributed by atoms with Crippen LogP contribution in [-0.4, -0.2) is 54.2 Å². The lowest BCUT2D eigenvalue weighted by molar-refractivity contribution is 0.209. The Morgan fingerprint density at radius 3 is 2.71 bits per heavy atom. The number of likely N-dealkylation sites (tertiary alicyclic amines) is 1. The minimum atomic E-state index is 0.170. The van der Waals surface area contributed by atoms with Crippen LogP contribution in [0, 0.1) is 0 Å². The Balaban J connectivity index is 2.02. The summed E-state index contributed by atoms with van der Waals surface area (Å²) in [6.07, 6.45) is 1.23. The molecular weight excluding hydrogens is 332 g/mol. The molecule has 1 unspecified atom stereocenters. The molecule has 118 valence electrons. The van der Waals surface area contributed by atoms with Crippen LogP contribution in [0.1, 0.15) is 25.8 Å². The summed E-state index contributed by atoms with van der Waals surface area (Å²) in [5.41, 5.74) is 1.16. The minimum absolute atomic E-state index is 0.170. The third-order valence-electron chi connectivity index (χ3n) is 4.29. The molecule has 0 aliphatic carbocycles. The van der Waals surface area contributed by atoms with Gasteiger partial charge in [-0.2, -0.15) is 0 Å². The van der Waals surface area contributed by atoms with Crippen molar-refractivity contribution in [1.29, 1.82) is 0 Å². The van der Waals surface area contributed by atoms with Crippen LogP contribution in [0.4, 0.5) is 0 Å². The number of halogens is 1. The molecule has 1 aromatic carbocycles. The second kappa shape index (κ2) is 7.47. The molecular formula is C16H25BrN2O2. The third kappa shape index (κ3) is 3.90. The van der Waals surface area contributed by atoms with Crippen LogP contribution in [0.15, 0.2) is 16.6 Å². The van der Waals surface area contributed by atoms with Crippen molar-refractivity contribution in [3.63, 3.8) is 0 Å². The normalized spacial score (nSPS) is 19.4. The highest BCUT2D eigenvalue weighted by Crippen LogP contribution is 2.35. The number of ether oxygens (including phenoxy) is 1. The summed E-state index contributed by atoms with van der Waals surface area (Å²) in [4.78, 5) is 5.01. The number of rotatable bonds is 6. The molecule has 0 radical (unpaired) electrons. The lowest BCUT2D eigenvalue weighted by Crippen LogP contribution is -2.37. The zero-order valence-electron chi connectivity index (χ0n) is 13.1. The third-order valence-corrected chi connectivity index (χ3v) is 4.90. The van der Waals surface area contributed by atoms with E-state index in [1.807, 2.05) is 12.1 Å². The molecule has 0 spiro atoms. The van der Waals surface area contributed by atoms with Crippen LogP contribution >= 0.6 is 15.9 Å². The van der Waals surface area contributed by atoms with Crippen molar-refractivity contribution in [2.45, 2.75) is 32.9 Å². The Hall–Kier alpha value is -0.780. The van der Waals surface area contributed by atoms with Gasteiger partial charge in [-0.15, -0.1) is 0 Å². The average Bonchev–Trinajstić information content (AvgIpc) is 2.92. The molecule has 1 saturated heterocycles. The molecule has 21 heavy (non-hydrogen) atoms. The first kappa shape index (κ1) is 16.6. The van der Waals surface area contributed by atoms with Crippen LogP contribution in [0.3, 0.4) is 0 Å². The molecule has 0 saturated carbocycles. The van der Waals surface area contributed by atoms with E-state index in [0.717, 1.165) is 38.3 Å². The largest absolute Gasteiger partial charge is 0.503 e. The van der Waals surface area contributed by atoms with Crippen molar-refractivity contribution in [3.8, 4) is 11.5 Å². The molecule has 5 heteroatoms. The second-order valence-electron chi connectivity index (χ2n) is 5.53. The fourth-order valence-electron chi connectivity index (χ4n) is 3.13. The van der Waals surface area contributed by atoms with E-state index in [9.17, 15) is 5.11 Å². The van der Waals surface area contributed by atoms with Gasteiger partial charge in [-0.1, -0.05) is 13.8 Å². The van der Waals surface area contributed by atoms with Crippen molar-refractivity contribution in [2.24, 2.45) is 0 Å². The maximum absolute atomic E-state index is 9.87. The smallest absolute Gasteiger partial charge is 0.172 e. The van der Waals surface area contributed by atoms with Gasteiger partial charge in [0.15, 0.2) is 11.5 Å². The number of likely N-dealkylation sites (N-methyl/N-ethyl adjacent to an activating group) is 1. The van der Waals surface area contributed by atoms with Crippen LogP contribution in [-0.2, 0) is 6.54 Å². The molecule has 1 aliphatic rings. The highest BCUT2D eigenvalue weighted by atomic mass is 79.9. The molecule has 1 aliphatic heterocycles. The Morgan fingerprint density at radius 1 is 1.38 bits per heavy atom. The SMILES string of the molecule is CCN(CC)C1CCN(Cc2cc(Br)c(O)c(OC)c2)C1. The lowest BCUT2D eigenvalue weighted by atomic mass is 10.2. The summed E-state index contributed by atoms with van der Waals surface area (Å²) in [5, 5.41) is 9.87. The molecule has 1 heterocycles. The fourth-order valence-corrected chi connectivity index (χ4v) is 3.62. The first-order valence-electron chi connectivity index (χ1n) is 7.60. The Bertz CT molecular complexity index is 478. The quantitative estimate of drug-likeness (QED) is 0.849. The van der Waals surface area contributed by atoms with E-state index in [2.05, 4.69) is 39.6 Å². The summed E-state index contributed by atoms with van der Waals surface area (Å²) < 4.78 is 5.91. The monoisotopic (exact) mass is 356 g/mol. The maximum atomic E-state index is 9.87.